The van der Waals surface area contributed by atoms with E-state index in [1.807, 2.05) is 0 Å². The van der Waals surface area contributed by atoms with Gasteiger partial charge in [-0.1, -0.05) is 70.5 Å². The number of carbonyl (C=O) groups is 2. The van der Waals surface area contributed by atoms with E-state index < -0.39 is 11.4 Å². The molecule has 0 spiro atoms. The van der Waals surface area contributed by atoms with Gasteiger partial charge >= 0.3 is 0 Å². The number of carbonyl (C=O) groups excluding carboxylic acids is 2. The summed E-state index contributed by atoms with van der Waals surface area (Å²) >= 11 is 3.21. The number of hydrogen-bond acceptors (Lipinski definition) is 3. The highest BCUT2D eigenvalue weighted by atomic mass is 79.9. The van der Waals surface area contributed by atoms with Gasteiger partial charge in [0.1, 0.15) is 5.82 Å². The van der Waals surface area contributed by atoms with Crippen molar-refractivity contribution in [3.05, 3.63) is 99.8 Å². The molecule has 0 atom stereocenters. The average molecular weight is 410 g/mol. The van der Waals surface area contributed by atoms with Crippen LogP contribution in [0.4, 0.5) is 10.1 Å². The van der Waals surface area contributed by atoms with Gasteiger partial charge in [0.05, 0.1) is 5.69 Å². The lowest BCUT2D eigenvalue weighted by molar-refractivity contribution is 0.0818. The summed E-state index contributed by atoms with van der Waals surface area (Å²) in [6.07, 6.45) is 0. The van der Waals surface area contributed by atoms with E-state index in [0.29, 0.717) is 21.2 Å². The molecule has 1 N–H and O–H groups in total. The minimum absolute atomic E-state index is 0.0894. The summed E-state index contributed by atoms with van der Waals surface area (Å²) in [6, 6.07) is 19.8. The molecule has 128 valence electrons. The fourth-order valence-corrected chi connectivity index (χ4v) is 3.65. The van der Waals surface area contributed by atoms with Crippen molar-refractivity contribution < 1.29 is 14.0 Å². The fourth-order valence-electron chi connectivity index (χ4n) is 3.32. The lowest BCUT2D eigenvalue weighted by atomic mass is 9.84. The van der Waals surface area contributed by atoms with Crippen LogP contribution in [0.5, 0.6) is 0 Å². The van der Waals surface area contributed by atoms with Crippen LogP contribution in [0.2, 0.25) is 0 Å². The second-order valence-electron chi connectivity index (χ2n) is 6.07. The Balaban J connectivity index is 1.93. The zero-order valence-electron chi connectivity index (χ0n) is 13.5. The summed E-state index contributed by atoms with van der Waals surface area (Å²) in [5.74, 6) is -1.32. The van der Waals surface area contributed by atoms with Crippen molar-refractivity contribution in [3.8, 4) is 0 Å². The molecule has 0 unspecified atom stereocenters. The molecule has 0 heterocycles. The summed E-state index contributed by atoms with van der Waals surface area (Å²) in [6.45, 7) is 0. The normalized spacial score (nSPS) is 15.0. The summed E-state index contributed by atoms with van der Waals surface area (Å²) in [7, 11) is 0. The molecule has 0 bridgehead atoms. The van der Waals surface area contributed by atoms with Gasteiger partial charge in [-0.05, 0) is 23.8 Å². The number of rotatable bonds is 3. The van der Waals surface area contributed by atoms with E-state index in [0.717, 1.165) is 0 Å². The number of ketones is 2. The summed E-state index contributed by atoms with van der Waals surface area (Å²) in [4.78, 5) is 26.6. The third-order valence-corrected chi connectivity index (χ3v) is 5.05. The van der Waals surface area contributed by atoms with Crippen LogP contribution in [0.3, 0.4) is 0 Å². The minimum Gasteiger partial charge on any atom is -0.360 e. The molecule has 0 saturated heterocycles. The molecule has 0 saturated carbocycles. The molecule has 0 aliphatic heterocycles. The van der Waals surface area contributed by atoms with Gasteiger partial charge in [0.2, 0.25) is 11.6 Å². The lowest BCUT2D eigenvalue weighted by Gasteiger charge is -2.29. The lowest BCUT2D eigenvalue weighted by Crippen LogP contribution is -2.46. The summed E-state index contributed by atoms with van der Waals surface area (Å²) in [5.41, 5.74) is -0.433. The number of hydrogen-bond donors (Lipinski definition) is 1. The third kappa shape index (κ3) is 2.39. The van der Waals surface area contributed by atoms with Gasteiger partial charge in [-0.15, -0.1) is 0 Å². The molecule has 3 aromatic carbocycles. The average Bonchev–Trinajstić information content (AvgIpc) is 2.88. The minimum atomic E-state index is -1.68. The second kappa shape index (κ2) is 6.18. The maximum Gasteiger partial charge on any atom is 0.201 e. The molecule has 26 heavy (non-hydrogen) atoms. The number of nitrogens with one attached hydrogen (secondary N) is 1. The van der Waals surface area contributed by atoms with Gasteiger partial charge in [-0.25, -0.2) is 4.39 Å². The van der Waals surface area contributed by atoms with Crippen molar-refractivity contribution >= 4 is 33.2 Å². The van der Waals surface area contributed by atoms with Crippen LogP contribution in [-0.4, -0.2) is 11.6 Å². The van der Waals surface area contributed by atoms with Crippen LogP contribution in [0.25, 0.3) is 0 Å². The Morgan fingerprint density at radius 3 is 1.96 bits per heavy atom. The highest BCUT2D eigenvalue weighted by Crippen LogP contribution is 2.41. The standard InChI is InChI=1S/C21H13BrFNO2/c22-14-10-11-18(17(23)12-14)24-21(13-6-2-1-3-7-13)19(25)15-8-4-5-9-16(15)20(21)26/h1-12,24H. The molecule has 0 fully saturated rings. The zero-order valence-corrected chi connectivity index (χ0v) is 15.1. The smallest absolute Gasteiger partial charge is 0.201 e. The van der Waals surface area contributed by atoms with E-state index in [1.165, 1.54) is 12.1 Å². The Hall–Kier alpha value is -2.79. The number of halogens is 2. The largest absolute Gasteiger partial charge is 0.360 e. The molecule has 0 aromatic heterocycles. The molecule has 5 heteroatoms. The first kappa shape index (κ1) is 16.7. The van der Waals surface area contributed by atoms with Crippen molar-refractivity contribution in [2.24, 2.45) is 0 Å². The topological polar surface area (TPSA) is 46.2 Å². The monoisotopic (exact) mass is 409 g/mol. The highest BCUT2D eigenvalue weighted by Gasteiger charge is 2.54. The molecule has 3 nitrogen and oxygen atoms in total. The van der Waals surface area contributed by atoms with Gasteiger partial charge in [0, 0.05) is 15.6 Å². The van der Waals surface area contributed by atoms with Crippen LogP contribution >= 0.6 is 15.9 Å². The van der Waals surface area contributed by atoms with Gasteiger partial charge in [-0.2, -0.15) is 0 Å². The van der Waals surface area contributed by atoms with Crippen LogP contribution in [-0.2, 0) is 5.54 Å². The predicted octanol–water partition coefficient (Wildman–Crippen LogP) is 4.97. The van der Waals surface area contributed by atoms with E-state index in [-0.39, 0.29) is 17.3 Å². The molecule has 0 radical (unpaired) electrons. The Labute approximate surface area is 158 Å². The molecular weight excluding hydrogens is 397 g/mol. The van der Waals surface area contributed by atoms with E-state index in [2.05, 4.69) is 21.2 Å². The molecular formula is C21H13BrFNO2. The molecule has 1 aliphatic carbocycles. The van der Waals surface area contributed by atoms with E-state index in [9.17, 15) is 14.0 Å². The van der Waals surface area contributed by atoms with Crippen LogP contribution in [0, 0.1) is 5.82 Å². The van der Waals surface area contributed by atoms with E-state index in [4.69, 9.17) is 0 Å². The zero-order chi connectivity index (χ0) is 18.3. The highest BCUT2D eigenvalue weighted by molar-refractivity contribution is 9.10. The first-order valence-electron chi connectivity index (χ1n) is 8.01. The number of anilines is 1. The van der Waals surface area contributed by atoms with E-state index >= 15 is 0 Å². The first-order valence-corrected chi connectivity index (χ1v) is 8.81. The number of benzene rings is 3. The summed E-state index contributed by atoms with van der Waals surface area (Å²) < 4.78 is 15.0. The van der Waals surface area contributed by atoms with E-state index in [1.54, 1.807) is 60.7 Å². The predicted molar refractivity (Wildman–Crippen MR) is 101 cm³/mol. The maximum atomic E-state index is 14.5. The third-order valence-electron chi connectivity index (χ3n) is 4.56. The van der Waals surface area contributed by atoms with Gasteiger partial charge in [-0.3, -0.25) is 9.59 Å². The summed E-state index contributed by atoms with van der Waals surface area (Å²) in [5, 5.41) is 2.92. The number of fused-ring (bicyclic) bond motifs is 1. The number of Topliss-reactive ketones (excluding diaryl/α,β-unsaturated/α-hetero) is 2. The van der Waals surface area contributed by atoms with Gasteiger partial charge < -0.3 is 5.32 Å². The Morgan fingerprint density at radius 2 is 1.38 bits per heavy atom. The Kier molecular flexibility index (Phi) is 3.96. The van der Waals surface area contributed by atoms with Gasteiger partial charge in [0.25, 0.3) is 0 Å². The Morgan fingerprint density at radius 1 is 0.808 bits per heavy atom. The second-order valence-corrected chi connectivity index (χ2v) is 6.98. The first-order chi connectivity index (χ1) is 12.5. The van der Waals surface area contributed by atoms with Gasteiger partial charge in [0.15, 0.2) is 5.54 Å². The molecule has 1 aliphatic rings. The maximum absolute atomic E-state index is 14.5. The van der Waals surface area contributed by atoms with Crippen molar-refractivity contribution in [2.45, 2.75) is 5.54 Å². The van der Waals surface area contributed by atoms with Crippen LogP contribution < -0.4 is 5.32 Å². The van der Waals surface area contributed by atoms with Crippen molar-refractivity contribution in [1.29, 1.82) is 0 Å². The molecule has 0 amide bonds. The Bertz CT molecular complexity index is 998. The van der Waals surface area contributed by atoms with Crippen LogP contribution in [0.1, 0.15) is 26.3 Å². The quantitative estimate of drug-likeness (QED) is 0.620. The van der Waals surface area contributed by atoms with Crippen molar-refractivity contribution in [3.63, 3.8) is 0 Å². The SMILES string of the molecule is O=C1c2ccccc2C(=O)C1(Nc1ccc(Br)cc1F)c1ccccc1. The van der Waals surface area contributed by atoms with Crippen molar-refractivity contribution in [2.75, 3.05) is 5.32 Å². The van der Waals surface area contributed by atoms with Crippen LogP contribution in [0.15, 0.2) is 77.3 Å². The fraction of sp³-hybridized carbons (Fsp3) is 0.0476. The van der Waals surface area contributed by atoms with Crippen molar-refractivity contribution in [1.82, 2.24) is 0 Å². The molecule has 4 rings (SSSR count). The molecule has 3 aromatic rings.